The second-order valence-corrected chi connectivity index (χ2v) is 5.94. The molecule has 0 aliphatic carbocycles. The van der Waals surface area contributed by atoms with Crippen molar-refractivity contribution < 1.29 is 4.74 Å². The average molecular weight is 304 g/mol. The topological polar surface area (TPSA) is 17.4 Å². The van der Waals surface area contributed by atoms with Crippen LogP contribution < -0.4 is 4.90 Å². The third-order valence-electron chi connectivity index (χ3n) is 4.28. The van der Waals surface area contributed by atoms with Crippen molar-refractivity contribution in [3.8, 4) is 5.69 Å². The highest BCUT2D eigenvalue weighted by Gasteiger charge is 2.27. The van der Waals surface area contributed by atoms with Crippen molar-refractivity contribution >= 4 is 5.69 Å². The predicted molar refractivity (Wildman–Crippen MR) is 93.0 cm³/mol. The molecule has 23 heavy (non-hydrogen) atoms. The van der Waals surface area contributed by atoms with Gasteiger partial charge in [-0.15, -0.1) is 0 Å². The van der Waals surface area contributed by atoms with Crippen LogP contribution in [0, 0.1) is 6.92 Å². The molecular weight excluding hydrogens is 284 g/mol. The van der Waals surface area contributed by atoms with Crippen LogP contribution in [0.4, 0.5) is 5.69 Å². The Kier molecular flexibility index (Phi) is 3.64. The zero-order chi connectivity index (χ0) is 15.6. The molecule has 0 N–H and O–H groups in total. The Morgan fingerprint density at radius 1 is 0.957 bits per heavy atom. The van der Waals surface area contributed by atoms with Gasteiger partial charge in [0.2, 0.25) is 0 Å². The Labute approximate surface area is 136 Å². The molecule has 1 aliphatic heterocycles. The number of anilines is 1. The summed E-state index contributed by atoms with van der Waals surface area (Å²) in [5.41, 5.74) is 4.85. The lowest BCUT2D eigenvalue weighted by molar-refractivity contribution is 0.114. The number of nitrogens with zero attached hydrogens (tertiary/aromatic N) is 2. The second-order valence-electron chi connectivity index (χ2n) is 5.94. The zero-order valence-corrected chi connectivity index (χ0v) is 13.2. The molecule has 3 aromatic rings. The molecule has 1 atom stereocenters. The second kappa shape index (κ2) is 5.94. The highest BCUT2D eigenvalue weighted by Crippen LogP contribution is 2.33. The van der Waals surface area contributed by atoms with E-state index >= 15 is 0 Å². The fourth-order valence-electron chi connectivity index (χ4n) is 3.14. The molecule has 0 radical (unpaired) electrons. The SMILES string of the molecule is Cc1cccc(N2CCO[C@H]2c2ccn(-c3ccccc3)c2)c1. The molecule has 1 fully saturated rings. The number of ether oxygens (including phenoxy) is 1. The van der Waals surface area contributed by atoms with E-state index < -0.39 is 0 Å². The molecule has 1 aromatic heterocycles. The van der Waals surface area contributed by atoms with E-state index in [0.29, 0.717) is 0 Å². The number of rotatable bonds is 3. The Morgan fingerprint density at radius 2 is 1.78 bits per heavy atom. The van der Waals surface area contributed by atoms with Crippen molar-refractivity contribution in [2.45, 2.75) is 13.2 Å². The third-order valence-corrected chi connectivity index (χ3v) is 4.28. The first-order valence-corrected chi connectivity index (χ1v) is 7.99. The molecule has 1 aliphatic rings. The largest absolute Gasteiger partial charge is 0.352 e. The summed E-state index contributed by atoms with van der Waals surface area (Å²) in [7, 11) is 0. The van der Waals surface area contributed by atoms with Crippen molar-refractivity contribution in [1.29, 1.82) is 0 Å². The molecule has 0 bridgehead atoms. The first-order chi connectivity index (χ1) is 11.3. The standard InChI is InChI=1S/C20H20N2O/c1-16-6-5-9-19(14-16)22-12-13-23-20(22)17-10-11-21(15-17)18-7-3-2-4-8-18/h2-11,14-15,20H,12-13H2,1H3/t20-/m0/s1. The van der Waals surface area contributed by atoms with Crippen LogP contribution in [0.3, 0.4) is 0 Å². The van der Waals surface area contributed by atoms with E-state index in [1.54, 1.807) is 0 Å². The molecule has 0 spiro atoms. The van der Waals surface area contributed by atoms with Crippen molar-refractivity contribution in [2.75, 3.05) is 18.1 Å². The van der Waals surface area contributed by atoms with Gasteiger partial charge in [-0.1, -0.05) is 30.3 Å². The van der Waals surface area contributed by atoms with Crippen LogP contribution in [-0.4, -0.2) is 17.7 Å². The van der Waals surface area contributed by atoms with E-state index in [9.17, 15) is 0 Å². The molecule has 1 saturated heterocycles. The molecule has 4 rings (SSSR count). The zero-order valence-electron chi connectivity index (χ0n) is 13.2. The molecule has 2 aromatic carbocycles. The minimum atomic E-state index is -0.0123. The maximum atomic E-state index is 6.01. The number of hydrogen-bond donors (Lipinski definition) is 0. The quantitative estimate of drug-likeness (QED) is 0.717. The van der Waals surface area contributed by atoms with E-state index in [1.165, 1.54) is 22.5 Å². The summed E-state index contributed by atoms with van der Waals surface area (Å²) in [5.74, 6) is 0. The lowest BCUT2D eigenvalue weighted by Crippen LogP contribution is -2.23. The van der Waals surface area contributed by atoms with Gasteiger partial charge in [0.1, 0.15) is 0 Å². The van der Waals surface area contributed by atoms with Crippen molar-refractivity contribution in [2.24, 2.45) is 0 Å². The Balaban J connectivity index is 1.63. The summed E-state index contributed by atoms with van der Waals surface area (Å²) in [5, 5.41) is 0. The van der Waals surface area contributed by atoms with Gasteiger partial charge in [-0.3, -0.25) is 0 Å². The number of hydrogen-bond acceptors (Lipinski definition) is 2. The molecule has 3 nitrogen and oxygen atoms in total. The molecule has 2 heterocycles. The highest BCUT2D eigenvalue weighted by atomic mass is 16.5. The van der Waals surface area contributed by atoms with Crippen LogP contribution >= 0.6 is 0 Å². The van der Waals surface area contributed by atoms with Crippen LogP contribution in [0.5, 0.6) is 0 Å². The first kappa shape index (κ1) is 14.1. The molecule has 116 valence electrons. The third kappa shape index (κ3) is 2.76. The maximum Gasteiger partial charge on any atom is 0.158 e. The van der Waals surface area contributed by atoms with Crippen LogP contribution in [0.15, 0.2) is 73.1 Å². The minimum Gasteiger partial charge on any atom is -0.352 e. The van der Waals surface area contributed by atoms with Gasteiger partial charge >= 0.3 is 0 Å². The summed E-state index contributed by atoms with van der Waals surface area (Å²) >= 11 is 0. The Morgan fingerprint density at radius 3 is 2.61 bits per heavy atom. The minimum absolute atomic E-state index is 0.0123. The summed E-state index contributed by atoms with van der Waals surface area (Å²) in [6.45, 7) is 3.81. The first-order valence-electron chi connectivity index (χ1n) is 7.99. The predicted octanol–water partition coefficient (Wildman–Crippen LogP) is 4.32. The van der Waals surface area contributed by atoms with E-state index in [1.807, 2.05) is 6.07 Å². The number of aromatic nitrogens is 1. The molecule has 0 saturated carbocycles. The lowest BCUT2D eigenvalue weighted by Gasteiger charge is -2.25. The van der Waals surface area contributed by atoms with Gasteiger partial charge in [0.05, 0.1) is 6.61 Å². The molecule has 0 amide bonds. The van der Waals surface area contributed by atoms with Gasteiger partial charge in [-0.2, -0.15) is 0 Å². The fraction of sp³-hybridized carbons (Fsp3) is 0.200. The normalized spacial score (nSPS) is 17.6. The Hall–Kier alpha value is -2.52. The van der Waals surface area contributed by atoms with Gasteiger partial charge in [0.15, 0.2) is 6.23 Å². The fourth-order valence-corrected chi connectivity index (χ4v) is 3.14. The van der Waals surface area contributed by atoms with Gasteiger partial charge in [-0.05, 0) is 42.8 Å². The van der Waals surface area contributed by atoms with Gasteiger partial charge in [0.25, 0.3) is 0 Å². The smallest absolute Gasteiger partial charge is 0.158 e. The van der Waals surface area contributed by atoms with Crippen molar-refractivity contribution in [3.63, 3.8) is 0 Å². The molecule has 0 unspecified atom stereocenters. The van der Waals surface area contributed by atoms with Crippen molar-refractivity contribution in [3.05, 3.63) is 84.2 Å². The van der Waals surface area contributed by atoms with Crippen LogP contribution in [0.25, 0.3) is 5.69 Å². The summed E-state index contributed by atoms with van der Waals surface area (Å²) in [6, 6.07) is 21.1. The van der Waals surface area contributed by atoms with E-state index in [0.717, 1.165) is 13.2 Å². The lowest BCUT2D eigenvalue weighted by atomic mass is 10.2. The Bertz CT molecular complexity index is 794. The maximum absolute atomic E-state index is 6.01. The van der Waals surface area contributed by atoms with E-state index in [4.69, 9.17) is 4.74 Å². The monoisotopic (exact) mass is 304 g/mol. The summed E-state index contributed by atoms with van der Waals surface area (Å²) in [6.07, 6.45) is 4.25. The van der Waals surface area contributed by atoms with Crippen molar-refractivity contribution in [1.82, 2.24) is 4.57 Å². The number of aryl methyl sites for hydroxylation is 1. The average Bonchev–Trinajstić information content (AvgIpc) is 3.25. The number of para-hydroxylation sites is 1. The van der Waals surface area contributed by atoms with Crippen LogP contribution in [0.2, 0.25) is 0 Å². The van der Waals surface area contributed by atoms with Gasteiger partial charge in [0, 0.05) is 35.9 Å². The van der Waals surface area contributed by atoms with Gasteiger partial charge in [-0.25, -0.2) is 0 Å². The molecular formula is C20H20N2O. The summed E-state index contributed by atoms with van der Waals surface area (Å²) < 4.78 is 8.15. The van der Waals surface area contributed by atoms with Gasteiger partial charge < -0.3 is 14.2 Å². The number of benzene rings is 2. The van der Waals surface area contributed by atoms with Crippen LogP contribution in [-0.2, 0) is 4.74 Å². The van der Waals surface area contributed by atoms with Crippen LogP contribution in [0.1, 0.15) is 17.4 Å². The summed E-state index contributed by atoms with van der Waals surface area (Å²) in [4.78, 5) is 2.33. The van der Waals surface area contributed by atoms with E-state index in [2.05, 4.69) is 83.4 Å². The molecule has 3 heteroatoms. The van der Waals surface area contributed by atoms with E-state index in [-0.39, 0.29) is 6.23 Å². The highest BCUT2D eigenvalue weighted by molar-refractivity contribution is 5.51.